The number of carbonyl (C=O) groups excluding carboxylic acids is 4. The van der Waals surface area contributed by atoms with Crippen LogP contribution in [0.1, 0.15) is 49.7 Å². The van der Waals surface area contributed by atoms with Gasteiger partial charge in [-0.25, -0.2) is 9.59 Å². The molecule has 2 aromatic carbocycles. The highest BCUT2D eigenvalue weighted by atomic mass is 19.4. The van der Waals surface area contributed by atoms with E-state index in [0.717, 1.165) is 17.7 Å². The second kappa shape index (κ2) is 26.2. The van der Waals surface area contributed by atoms with Gasteiger partial charge in [-0.1, -0.05) is 0 Å². The first-order chi connectivity index (χ1) is 27.3. The molecule has 6 N–H and O–H groups in total. The Kier molecular flexibility index (Phi) is 22.7. The first-order valence-electron chi connectivity index (χ1n) is 17.7. The molecule has 0 saturated carbocycles. The molecule has 0 unspecified atom stereocenters. The van der Waals surface area contributed by atoms with Crippen LogP contribution in [-0.2, 0) is 32.3 Å². The largest absolute Gasteiger partial charge is 0.471 e. The zero-order valence-corrected chi connectivity index (χ0v) is 31.2. The third-order valence-electron chi connectivity index (χ3n) is 7.60. The van der Waals surface area contributed by atoms with E-state index in [0.29, 0.717) is 43.7 Å². The van der Waals surface area contributed by atoms with E-state index >= 15 is 0 Å². The highest BCUT2D eigenvalue weighted by molar-refractivity contribution is 5.82. The van der Waals surface area contributed by atoms with Gasteiger partial charge in [0.05, 0.1) is 9.85 Å². The molecule has 58 heavy (non-hydrogen) atoms. The van der Waals surface area contributed by atoms with Crippen molar-refractivity contribution < 1.29 is 64.8 Å². The number of non-ortho nitro benzene ring substituents is 2. The van der Waals surface area contributed by atoms with Gasteiger partial charge in [0, 0.05) is 63.5 Å². The van der Waals surface area contributed by atoms with Crippen LogP contribution >= 0.6 is 0 Å². The van der Waals surface area contributed by atoms with Gasteiger partial charge in [0.1, 0.15) is 13.2 Å². The lowest BCUT2D eigenvalue weighted by molar-refractivity contribution is -0.385. The molecule has 324 valence electrons. The van der Waals surface area contributed by atoms with E-state index in [2.05, 4.69) is 0 Å². The molecule has 0 aliphatic carbocycles. The van der Waals surface area contributed by atoms with Crippen molar-refractivity contribution in [3.63, 3.8) is 0 Å². The molecule has 0 bridgehead atoms. The van der Waals surface area contributed by atoms with Crippen LogP contribution in [0.3, 0.4) is 0 Å². The van der Waals surface area contributed by atoms with Crippen molar-refractivity contribution in [2.45, 2.75) is 64.1 Å². The summed E-state index contributed by atoms with van der Waals surface area (Å²) in [5, 5.41) is 24.6. The molecule has 0 spiro atoms. The molecule has 18 nitrogen and oxygen atoms in total. The van der Waals surface area contributed by atoms with Gasteiger partial charge in [-0.05, 0) is 87.0 Å². The number of nitro groups is 2. The molecule has 0 saturated heterocycles. The number of nitrogens with one attached hydrogen (secondary N) is 2. The number of nitro benzene ring substituents is 2. The number of hydrogen-bond acceptors (Lipinski definition) is 12. The van der Waals surface area contributed by atoms with Gasteiger partial charge in [-0.15, -0.1) is 0 Å². The average molecular weight is 841 g/mol. The monoisotopic (exact) mass is 840 g/mol. The van der Waals surface area contributed by atoms with Crippen LogP contribution in [-0.4, -0.2) is 108 Å². The number of halogens is 6. The minimum atomic E-state index is -5.07. The maximum Gasteiger partial charge on any atom is 0.471 e. The van der Waals surface area contributed by atoms with Gasteiger partial charge < -0.3 is 41.4 Å². The van der Waals surface area contributed by atoms with Crippen LogP contribution in [0.25, 0.3) is 0 Å². The summed E-state index contributed by atoms with van der Waals surface area (Å²) in [6, 6.07) is 11.0. The molecular formula is C34H46F6N8O10. The van der Waals surface area contributed by atoms with Crippen LogP contribution in [0.5, 0.6) is 0 Å². The molecule has 4 amide bonds. The van der Waals surface area contributed by atoms with E-state index in [4.69, 9.17) is 20.9 Å². The number of amides is 4. The van der Waals surface area contributed by atoms with Crippen molar-refractivity contribution >= 4 is 35.4 Å². The number of unbranched alkanes of at least 4 members (excludes halogenated alkanes) is 2. The maximum absolute atomic E-state index is 12.4. The summed E-state index contributed by atoms with van der Waals surface area (Å²) in [5.41, 5.74) is 11.9. The van der Waals surface area contributed by atoms with E-state index in [-0.39, 0.29) is 63.5 Å². The molecule has 0 aromatic heterocycles. The molecule has 2 aromatic rings. The summed E-state index contributed by atoms with van der Waals surface area (Å²) in [7, 11) is 0. The third kappa shape index (κ3) is 20.9. The summed E-state index contributed by atoms with van der Waals surface area (Å²) < 4.78 is 83.5. The maximum atomic E-state index is 12.4. The van der Waals surface area contributed by atoms with Gasteiger partial charge in [0.2, 0.25) is 0 Å². The van der Waals surface area contributed by atoms with Crippen molar-refractivity contribution in [1.82, 2.24) is 20.4 Å². The molecule has 0 radical (unpaired) electrons. The molecule has 0 heterocycles. The molecule has 0 aliphatic heterocycles. The van der Waals surface area contributed by atoms with Gasteiger partial charge in [0.25, 0.3) is 11.4 Å². The zero-order chi connectivity index (χ0) is 43.7. The van der Waals surface area contributed by atoms with E-state index in [9.17, 15) is 65.7 Å². The Hall–Kier alpha value is -5.78. The van der Waals surface area contributed by atoms with Crippen molar-refractivity contribution in [3.8, 4) is 0 Å². The highest BCUT2D eigenvalue weighted by Crippen LogP contribution is 2.17. The number of hydrogen-bond donors (Lipinski definition) is 4. The molecule has 0 aliphatic rings. The number of ether oxygens (including phenoxy) is 2. The smallest absolute Gasteiger partial charge is 0.445 e. The average Bonchev–Trinajstić information content (AvgIpc) is 3.17. The van der Waals surface area contributed by atoms with Gasteiger partial charge in [-0.3, -0.25) is 29.8 Å². The Morgan fingerprint density at radius 1 is 0.569 bits per heavy atom. The summed E-state index contributed by atoms with van der Waals surface area (Å²) in [5.74, 6) is -4.26. The van der Waals surface area contributed by atoms with Crippen LogP contribution < -0.4 is 22.1 Å². The number of alkyl halides is 6. The number of carbonyl (C=O) groups is 4. The van der Waals surface area contributed by atoms with E-state index < -0.39 is 52.7 Å². The number of rotatable bonds is 22. The normalized spacial score (nSPS) is 11.0. The summed E-state index contributed by atoms with van der Waals surface area (Å²) in [4.78, 5) is 69.0. The molecule has 0 fully saturated rings. The Balaban J connectivity index is 0.000000632. The van der Waals surface area contributed by atoms with Crippen LogP contribution in [0.15, 0.2) is 48.5 Å². The topological polar surface area (TPSA) is 256 Å². The van der Waals surface area contributed by atoms with Crippen molar-refractivity contribution in [3.05, 3.63) is 79.9 Å². The van der Waals surface area contributed by atoms with Crippen molar-refractivity contribution in [2.75, 3.05) is 52.4 Å². The van der Waals surface area contributed by atoms with Crippen LogP contribution in [0.2, 0.25) is 0 Å². The first kappa shape index (κ1) is 50.2. The lowest BCUT2D eigenvalue weighted by Gasteiger charge is -2.22. The summed E-state index contributed by atoms with van der Waals surface area (Å²) in [6.45, 7) is 1.06. The third-order valence-corrected chi connectivity index (χ3v) is 7.60. The number of benzene rings is 2. The minimum Gasteiger partial charge on any atom is -0.445 e. The lowest BCUT2D eigenvalue weighted by Crippen LogP contribution is -2.40. The van der Waals surface area contributed by atoms with Crippen LogP contribution in [0.4, 0.5) is 47.3 Å². The lowest BCUT2D eigenvalue weighted by atomic mass is 10.2. The van der Waals surface area contributed by atoms with Crippen molar-refractivity contribution in [1.29, 1.82) is 0 Å². The Morgan fingerprint density at radius 2 is 0.914 bits per heavy atom. The second-order valence-corrected chi connectivity index (χ2v) is 12.1. The SMILES string of the molecule is NCCCCN(CCCN)C(=O)OCc1ccc([N+](=O)[O-])cc1.O=C(OCc1ccc([N+](=O)[O-])cc1)N(CCCCNC(=O)C(F)(F)F)CCCNC(=O)C(F)(F)F. The van der Waals surface area contributed by atoms with Gasteiger partial charge in [0.15, 0.2) is 0 Å². The summed E-state index contributed by atoms with van der Waals surface area (Å²) in [6.07, 6.45) is -8.95. The van der Waals surface area contributed by atoms with E-state index in [1.54, 1.807) is 27.7 Å². The van der Waals surface area contributed by atoms with Crippen LogP contribution in [0, 0.1) is 20.2 Å². The van der Waals surface area contributed by atoms with E-state index in [1.165, 1.54) is 36.4 Å². The Bertz CT molecular complexity index is 1600. The Morgan fingerprint density at radius 3 is 1.28 bits per heavy atom. The predicted molar refractivity (Wildman–Crippen MR) is 194 cm³/mol. The molecule has 0 atom stereocenters. The molecule has 24 heteroatoms. The number of nitrogens with zero attached hydrogens (tertiary/aromatic N) is 4. The zero-order valence-electron chi connectivity index (χ0n) is 31.2. The minimum absolute atomic E-state index is 0.00596. The van der Waals surface area contributed by atoms with Gasteiger partial charge >= 0.3 is 36.4 Å². The number of nitrogens with two attached hydrogens (primary N) is 2. The summed E-state index contributed by atoms with van der Waals surface area (Å²) >= 11 is 0. The standard InChI is InChI=1S/C19H22F6N4O6.C15H24N4O4/c20-18(21,22)15(30)26-8-1-2-10-28(11-3-9-27-16(31)19(23,24)25)17(32)35-12-13-4-6-14(7-5-13)29(33)34;16-8-1-2-10-18(11-3-9-17)15(20)23-12-13-4-6-14(7-5-13)19(21)22/h4-7H,1-3,8-12H2,(H,26,30)(H,27,31);4-7H,1-3,8-12,16-17H2. The molecular weight excluding hydrogens is 794 g/mol. The predicted octanol–water partition coefficient (Wildman–Crippen LogP) is 4.68. The quantitative estimate of drug-likeness (QED) is 0.0546. The molecule has 2 rings (SSSR count). The Labute approximate surface area is 328 Å². The highest BCUT2D eigenvalue weighted by Gasteiger charge is 2.39. The van der Waals surface area contributed by atoms with E-state index in [1.807, 2.05) is 0 Å². The van der Waals surface area contributed by atoms with Crippen molar-refractivity contribution in [2.24, 2.45) is 11.5 Å². The second-order valence-electron chi connectivity index (χ2n) is 12.1. The van der Waals surface area contributed by atoms with Gasteiger partial charge in [-0.2, -0.15) is 26.3 Å². The fourth-order valence-electron chi connectivity index (χ4n) is 4.52. The first-order valence-corrected chi connectivity index (χ1v) is 17.7. The fourth-order valence-corrected chi connectivity index (χ4v) is 4.52. The fraction of sp³-hybridized carbons (Fsp3) is 0.529.